The van der Waals surface area contributed by atoms with Gasteiger partial charge in [0.1, 0.15) is 5.75 Å². The van der Waals surface area contributed by atoms with Gasteiger partial charge in [-0.3, -0.25) is 14.5 Å². The van der Waals surface area contributed by atoms with E-state index in [2.05, 4.69) is 81.4 Å². The van der Waals surface area contributed by atoms with Crippen LogP contribution < -0.4 is 10.4 Å². The molecule has 2 aliphatic heterocycles. The van der Waals surface area contributed by atoms with Crippen molar-refractivity contribution in [2.75, 3.05) is 6.61 Å². The molecule has 306 valence electrons. The molecule has 0 spiro atoms. The number of carbonyl (C=O) groups excluding carboxylic acids is 2. The van der Waals surface area contributed by atoms with Crippen LogP contribution in [0.15, 0.2) is 120 Å². The number of amides is 2. The fourth-order valence-corrected chi connectivity index (χ4v) is 15.4. The van der Waals surface area contributed by atoms with Crippen molar-refractivity contribution in [2.45, 2.75) is 95.6 Å². The molecule has 4 aromatic rings. The van der Waals surface area contributed by atoms with Crippen LogP contribution >= 0.6 is 11.6 Å². The second-order valence-corrected chi connectivity index (χ2v) is 22.6. The van der Waals surface area contributed by atoms with Gasteiger partial charge in [0.25, 0.3) is 8.32 Å². The predicted octanol–water partition coefficient (Wildman–Crippen LogP) is 9.07. The number of allylic oxidation sites excluding steroid dienone is 1. The van der Waals surface area contributed by atoms with Gasteiger partial charge in [0.2, 0.25) is 11.8 Å². The first-order chi connectivity index (χ1) is 28.5. The largest absolute Gasteiger partial charge is 0.508 e. The van der Waals surface area contributed by atoms with E-state index in [0.717, 1.165) is 60.0 Å². The molecule has 0 bridgehead atoms. The third-order valence-electron chi connectivity index (χ3n) is 13.3. The zero-order valence-corrected chi connectivity index (χ0v) is 36.1. The zero-order chi connectivity index (χ0) is 41.3. The quantitative estimate of drug-likeness (QED) is 0.0679. The Morgan fingerprint density at radius 1 is 0.881 bits per heavy atom. The van der Waals surface area contributed by atoms with Crippen LogP contribution in [0.5, 0.6) is 5.75 Å². The van der Waals surface area contributed by atoms with Crippen molar-refractivity contribution in [3.63, 3.8) is 0 Å². The van der Waals surface area contributed by atoms with E-state index in [0.29, 0.717) is 24.3 Å². The number of likely N-dealkylation sites (tertiary alicyclic amines) is 1. The summed E-state index contributed by atoms with van der Waals surface area (Å²) in [6, 6.07) is 36.2. The Bertz CT molecular complexity index is 2160. The number of carbonyl (C=O) groups is 2. The van der Waals surface area contributed by atoms with Crippen molar-refractivity contribution in [3.05, 3.63) is 136 Å². The number of aromatic hydroxyl groups is 1. The molecule has 1 saturated carbocycles. The van der Waals surface area contributed by atoms with E-state index >= 15 is 0 Å². The SMILES string of the molecule is CC(C)(C)[Si](OCC1=C2[C@@H](CC/C(=C/c3ccc(O)cc3Cl)c3ccccc3)OB(O)C[C@@H]2[C@@H]2C(=O)N(C3CCCCC3)C(=O)[C@@H]2C1)(c1ccccc1)c1ccccc1. The third kappa shape index (κ3) is 8.17. The summed E-state index contributed by atoms with van der Waals surface area (Å²) in [6.07, 6.45) is 8.15. The van der Waals surface area contributed by atoms with Gasteiger partial charge >= 0.3 is 7.12 Å². The van der Waals surface area contributed by atoms with Crippen LogP contribution in [0.4, 0.5) is 0 Å². The maximum atomic E-state index is 14.6. The first-order valence-electron chi connectivity index (χ1n) is 21.4. The first kappa shape index (κ1) is 41.5. The molecule has 0 aromatic heterocycles. The van der Waals surface area contributed by atoms with Crippen molar-refractivity contribution in [3.8, 4) is 5.75 Å². The normalized spacial score (nSPS) is 23.1. The smallest absolute Gasteiger partial charge is 0.455 e. The molecule has 4 aromatic carbocycles. The molecule has 2 N–H and O–H groups in total. The minimum Gasteiger partial charge on any atom is -0.508 e. The Balaban J connectivity index is 1.22. The molecule has 2 amide bonds. The third-order valence-corrected chi connectivity index (χ3v) is 18.6. The molecule has 10 heteroatoms. The maximum absolute atomic E-state index is 14.6. The molecule has 0 radical (unpaired) electrons. The molecular formula is C49H55BClNO6Si. The molecule has 7 nitrogen and oxygen atoms in total. The minimum absolute atomic E-state index is 0.0634. The minimum atomic E-state index is -2.99. The predicted molar refractivity (Wildman–Crippen MR) is 239 cm³/mol. The number of phenols is 1. The van der Waals surface area contributed by atoms with Crippen molar-refractivity contribution in [1.29, 1.82) is 0 Å². The molecule has 59 heavy (non-hydrogen) atoms. The van der Waals surface area contributed by atoms with Crippen LogP contribution in [-0.2, 0) is 18.7 Å². The zero-order valence-electron chi connectivity index (χ0n) is 34.4. The van der Waals surface area contributed by atoms with Gasteiger partial charge in [0.15, 0.2) is 0 Å². The molecule has 4 aliphatic rings. The Morgan fingerprint density at radius 2 is 1.51 bits per heavy atom. The van der Waals surface area contributed by atoms with E-state index in [4.69, 9.17) is 20.7 Å². The van der Waals surface area contributed by atoms with E-state index in [1.54, 1.807) is 17.0 Å². The fourth-order valence-electron chi connectivity index (χ4n) is 10.6. The van der Waals surface area contributed by atoms with Crippen molar-refractivity contribution in [1.82, 2.24) is 4.90 Å². The lowest BCUT2D eigenvalue weighted by Crippen LogP contribution is -2.66. The summed E-state index contributed by atoms with van der Waals surface area (Å²) in [5.74, 6) is -1.45. The molecule has 0 unspecified atom stereocenters. The average Bonchev–Trinajstić information content (AvgIpc) is 3.49. The number of halogens is 1. The van der Waals surface area contributed by atoms with Gasteiger partial charge < -0.3 is 19.2 Å². The van der Waals surface area contributed by atoms with Crippen LogP contribution in [0.1, 0.15) is 83.3 Å². The van der Waals surface area contributed by atoms with E-state index < -0.39 is 33.4 Å². The summed E-state index contributed by atoms with van der Waals surface area (Å²) in [5.41, 5.74) is 4.85. The number of nitrogens with zero attached hydrogens (tertiary/aromatic N) is 1. The fraction of sp³-hybridized carbons (Fsp3) is 0.388. The van der Waals surface area contributed by atoms with Crippen LogP contribution in [0, 0.1) is 17.8 Å². The molecule has 2 saturated heterocycles. The lowest BCUT2D eigenvalue weighted by atomic mass is 9.58. The maximum Gasteiger partial charge on any atom is 0.455 e. The number of hydrogen-bond donors (Lipinski definition) is 2. The molecule has 8 rings (SSSR count). The number of fused-ring (bicyclic) bond motifs is 3. The van der Waals surface area contributed by atoms with Crippen LogP contribution in [0.2, 0.25) is 16.4 Å². The Hall–Kier alpha value is -4.25. The second-order valence-electron chi connectivity index (χ2n) is 17.9. The van der Waals surface area contributed by atoms with Gasteiger partial charge in [-0.15, -0.1) is 0 Å². The van der Waals surface area contributed by atoms with Gasteiger partial charge in [-0.1, -0.05) is 143 Å². The summed E-state index contributed by atoms with van der Waals surface area (Å²) in [4.78, 5) is 30.8. The topological polar surface area (TPSA) is 96.3 Å². The monoisotopic (exact) mass is 827 g/mol. The molecular weight excluding hydrogens is 773 g/mol. The summed E-state index contributed by atoms with van der Waals surface area (Å²) < 4.78 is 14.1. The van der Waals surface area contributed by atoms with Crippen molar-refractivity contribution < 1.29 is 28.8 Å². The van der Waals surface area contributed by atoms with Crippen molar-refractivity contribution >= 4 is 60.9 Å². The van der Waals surface area contributed by atoms with E-state index in [9.17, 15) is 19.7 Å². The van der Waals surface area contributed by atoms with E-state index in [-0.39, 0.29) is 47.5 Å². The van der Waals surface area contributed by atoms with Gasteiger partial charge in [0.05, 0.1) is 29.6 Å². The standard InChI is InChI=1S/C49H55BClNO6Si/c1-49(2,3)59(39-20-12-6-13-21-39,40-22-14-7-15-23-40)57-32-36-29-41-46(48(55)52(47(41)54)37-18-10-5-11-19-37)42-31-50(56)58-44(45(36)42)27-25-34(33-16-8-4-9-17-33)28-35-24-26-38(53)30-43(35)51/h4,6-9,12-17,20-24,26,28,30,37,41-42,44,46,53,56H,5,10-11,18-19,25,27,29,31-32H2,1-3H3/b34-28-/t41-,42+,44-,46-/m1/s1. The molecule has 2 heterocycles. The number of phenolic OH excluding ortho intramolecular Hbond substituents is 1. The number of benzene rings is 4. The number of rotatable bonds is 11. The highest BCUT2D eigenvalue weighted by Gasteiger charge is 2.59. The number of hydrogen-bond acceptors (Lipinski definition) is 6. The summed E-state index contributed by atoms with van der Waals surface area (Å²) in [5, 5.41) is 24.1. The highest BCUT2D eigenvalue weighted by Crippen LogP contribution is 2.52. The second kappa shape index (κ2) is 17.4. The van der Waals surface area contributed by atoms with Gasteiger partial charge in [-0.2, -0.15) is 0 Å². The first-order valence-corrected chi connectivity index (χ1v) is 23.7. The molecule has 4 atom stereocenters. The Kier molecular flexibility index (Phi) is 12.2. The van der Waals surface area contributed by atoms with Gasteiger partial charge in [-0.05, 0) is 112 Å². The summed E-state index contributed by atoms with van der Waals surface area (Å²) >= 11 is 6.63. The number of imide groups is 1. The van der Waals surface area contributed by atoms with E-state index in [1.165, 1.54) is 10.4 Å². The van der Waals surface area contributed by atoms with Crippen LogP contribution in [0.3, 0.4) is 0 Å². The Morgan fingerprint density at radius 3 is 2.12 bits per heavy atom. The highest BCUT2D eigenvalue weighted by molar-refractivity contribution is 6.99. The molecule has 2 aliphatic carbocycles. The lowest BCUT2D eigenvalue weighted by Gasteiger charge is -2.46. The van der Waals surface area contributed by atoms with Crippen LogP contribution in [-0.4, -0.2) is 61.0 Å². The molecule has 3 fully saturated rings. The summed E-state index contributed by atoms with van der Waals surface area (Å²) in [6.45, 7) is 7.07. The van der Waals surface area contributed by atoms with Crippen LogP contribution in [0.25, 0.3) is 11.6 Å². The lowest BCUT2D eigenvalue weighted by molar-refractivity contribution is -0.143. The Labute approximate surface area is 355 Å². The average molecular weight is 828 g/mol. The van der Waals surface area contributed by atoms with Gasteiger partial charge in [0, 0.05) is 6.04 Å². The van der Waals surface area contributed by atoms with Gasteiger partial charge in [-0.25, -0.2) is 0 Å². The van der Waals surface area contributed by atoms with Crippen molar-refractivity contribution in [2.24, 2.45) is 17.8 Å². The summed E-state index contributed by atoms with van der Waals surface area (Å²) in [7, 11) is -4.08. The highest BCUT2D eigenvalue weighted by atomic mass is 35.5. The van der Waals surface area contributed by atoms with E-state index in [1.807, 2.05) is 42.5 Å².